The summed E-state index contributed by atoms with van der Waals surface area (Å²) < 4.78 is 16.7. The molecule has 0 aliphatic carbocycles. The van der Waals surface area contributed by atoms with Crippen molar-refractivity contribution in [3.05, 3.63) is 35.9 Å². The first kappa shape index (κ1) is 21.0. The van der Waals surface area contributed by atoms with Crippen molar-refractivity contribution in [2.45, 2.75) is 18.9 Å². The van der Waals surface area contributed by atoms with Crippen molar-refractivity contribution in [2.75, 3.05) is 20.2 Å². The molecule has 9 nitrogen and oxygen atoms in total. The predicted octanol–water partition coefficient (Wildman–Crippen LogP) is 0.897. The van der Waals surface area contributed by atoms with Gasteiger partial charge < -0.3 is 19.7 Å². The molecule has 0 aliphatic rings. The van der Waals surface area contributed by atoms with E-state index in [0.29, 0.717) is 11.8 Å². The number of rotatable bonds is 11. The Morgan fingerprint density at radius 1 is 1.36 bits per heavy atom. The molecule has 10 heteroatoms. The molecule has 0 spiro atoms. The number of nitrogens with one attached hydrogen (secondary N) is 1. The molecule has 25 heavy (non-hydrogen) atoms. The Labute approximate surface area is 145 Å². The molecule has 0 bridgehead atoms. The third kappa shape index (κ3) is 8.04. The van der Waals surface area contributed by atoms with Crippen molar-refractivity contribution in [2.24, 2.45) is 0 Å². The van der Waals surface area contributed by atoms with Gasteiger partial charge in [0.25, 0.3) is 5.91 Å². The highest BCUT2D eigenvalue weighted by Gasteiger charge is 2.25. The summed E-state index contributed by atoms with van der Waals surface area (Å²) in [6, 6.07) is 7.40. The molecule has 138 valence electrons. The zero-order valence-electron chi connectivity index (χ0n) is 13.7. The summed E-state index contributed by atoms with van der Waals surface area (Å²) >= 11 is 0. The molecule has 2 atom stereocenters. The molecule has 1 aromatic rings. The van der Waals surface area contributed by atoms with Gasteiger partial charge in [-0.25, -0.2) is 9.65 Å². The largest absolute Gasteiger partial charge is 0.481 e. The Bertz CT molecular complexity index is 638. The number of benzene rings is 1. The van der Waals surface area contributed by atoms with Crippen LogP contribution in [0.25, 0.3) is 0 Å². The number of aldehydes is 1. The van der Waals surface area contributed by atoms with Crippen LogP contribution in [0.1, 0.15) is 23.2 Å². The fourth-order valence-corrected chi connectivity index (χ4v) is 2.91. The number of nitrogens with zero attached hydrogens (tertiary/aromatic N) is 1. The Hall–Kier alpha value is -2.06. The summed E-state index contributed by atoms with van der Waals surface area (Å²) in [7, 11) is -2.77. The molecule has 3 N–H and O–H groups in total. The van der Waals surface area contributed by atoms with Gasteiger partial charge in [0.05, 0.1) is 12.6 Å². The highest BCUT2D eigenvalue weighted by atomic mass is 31.2. The molecular weight excluding hydrogens is 351 g/mol. The van der Waals surface area contributed by atoms with Crippen molar-refractivity contribution in [1.29, 1.82) is 0 Å². The SMILES string of the molecule is CN(CCOP(=O)(O)N[C@H](C=O)CCC(=O)O)C(=O)c1ccccc1. The van der Waals surface area contributed by atoms with Gasteiger partial charge in [-0.15, -0.1) is 0 Å². The fraction of sp³-hybridized carbons (Fsp3) is 0.400. The van der Waals surface area contributed by atoms with E-state index in [0.717, 1.165) is 0 Å². The van der Waals surface area contributed by atoms with E-state index in [1.54, 1.807) is 30.3 Å². The minimum absolute atomic E-state index is 0.0564. The summed E-state index contributed by atoms with van der Waals surface area (Å²) in [4.78, 5) is 44.4. The van der Waals surface area contributed by atoms with Crippen molar-refractivity contribution in [3.63, 3.8) is 0 Å². The number of likely N-dealkylation sites (N-methyl/N-ethyl adjacent to an activating group) is 1. The van der Waals surface area contributed by atoms with Crippen LogP contribution in [-0.4, -0.2) is 59.3 Å². The van der Waals surface area contributed by atoms with Gasteiger partial charge in [0.1, 0.15) is 6.29 Å². The molecule has 0 saturated carbocycles. The standard InChI is InChI=1S/C15H21N2O7P/c1-17(15(21)12-5-3-2-4-6-12)9-10-24-25(22,23)16-13(11-18)7-8-14(19)20/h2-6,11,13H,7-10H2,1H3,(H,19,20)(H2,16,22,23)/t13-/m0/s1. The van der Waals surface area contributed by atoms with Crippen LogP contribution in [0.3, 0.4) is 0 Å². The van der Waals surface area contributed by atoms with Crippen LogP contribution in [0.5, 0.6) is 0 Å². The summed E-state index contributed by atoms with van der Waals surface area (Å²) in [5, 5.41) is 10.6. The Balaban J connectivity index is 2.44. The van der Waals surface area contributed by atoms with Crippen molar-refractivity contribution in [1.82, 2.24) is 9.99 Å². The summed E-state index contributed by atoms with van der Waals surface area (Å²) in [6.45, 7) is -0.179. The summed E-state index contributed by atoms with van der Waals surface area (Å²) in [5.74, 6) is -1.39. The van der Waals surface area contributed by atoms with Crippen molar-refractivity contribution in [3.8, 4) is 0 Å². The minimum Gasteiger partial charge on any atom is -0.481 e. The van der Waals surface area contributed by atoms with Gasteiger partial charge in [-0.1, -0.05) is 18.2 Å². The molecule has 0 radical (unpaired) electrons. The lowest BCUT2D eigenvalue weighted by molar-refractivity contribution is -0.137. The van der Waals surface area contributed by atoms with E-state index in [1.807, 2.05) is 0 Å². The van der Waals surface area contributed by atoms with E-state index in [2.05, 4.69) is 5.09 Å². The lowest BCUT2D eigenvalue weighted by Crippen LogP contribution is -2.32. The summed E-state index contributed by atoms with van der Waals surface area (Å²) in [6.07, 6.45) is -0.121. The first-order valence-corrected chi connectivity index (χ1v) is 9.05. The van der Waals surface area contributed by atoms with Crippen LogP contribution in [0, 0.1) is 0 Å². The number of carboxylic acid groups (broad SMARTS) is 1. The highest BCUT2D eigenvalue weighted by molar-refractivity contribution is 7.50. The monoisotopic (exact) mass is 372 g/mol. The van der Waals surface area contributed by atoms with Gasteiger partial charge in [-0.2, -0.15) is 0 Å². The van der Waals surface area contributed by atoms with E-state index in [9.17, 15) is 23.8 Å². The second-order valence-electron chi connectivity index (χ2n) is 5.25. The Morgan fingerprint density at radius 2 is 2.00 bits per heavy atom. The molecule has 0 fully saturated rings. The average molecular weight is 372 g/mol. The van der Waals surface area contributed by atoms with Gasteiger partial charge in [0.2, 0.25) is 0 Å². The molecule has 1 unspecified atom stereocenters. The number of carboxylic acids is 1. The van der Waals surface area contributed by atoms with Crippen LogP contribution in [0.2, 0.25) is 0 Å². The molecule has 1 aromatic carbocycles. The second kappa shape index (κ2) is 10.0. The zero-order chi connectivity index (χ0) is 18.9. The van der Waals surface area contributed by atoms with Gasteiger partial charge >= 0.3 is 13.7 Å². The van der Waals surface area contributed by atoms with E-state index in [1.165, 1.54) is 11.9 Å². The lowest BCUT2D eigenvalue weighted by Gasteiger charge is -2.20. The molecular formula is C15H21N2O7P. The maximum absolute atomic E-state index is 12.1. The maximum Gasteiger partial charge on any atom is 0.403 e. The number of amides is 1. The number of hydrogen-bond acceptors (Lipinski definition) is 5. The topological polar surface area (TPSA) is 133 Å². The normalized spacial score (nSPS) is 14.3. The fourth-order valence-electron chi connectivity index (χ4n) is 1.89. The molecule has 0 aromatic heterocycles. The second-order valence-corrected chi connectivity index (χ2v) is 6.81. The van der Waals surface area contributed by atoms with E-state index < -0.39 is 19.8 Å². The summed E-state index contributed by atoms with van der Waals surface area (Å²) in [5.41, 5.74) is 0.477. The molecule has 0 heterocycles. The van der Waals surface area contributed by atoms with Crippen LogP contribution >= 0.6 is 7.75 Å². The van der Waals surface area contributed by atoms with E-state index in [-0.39, 0.29) is 31.9 Å². The molecule has 1 amide bonds. The van der Waals surface area contributed by atoms with E-state index >= 15 is 0 Å². The smallest absolute Gasteiger partial charge is 0.403 e. The zero-order valence-corrected chi connectivity index (χ0v) is 14.6. The van der Waals surface area contributed by atoms with Gasteiger partial charge in [0, 0.05) is 25.6 Å². The van der Waals surface area contributed by atoms with Gasteiger partial charge in [-0.05, 0) is 18.6 Å². The average Bonchev–Trinajstić information content (AvgIpc) is 2.58. The maximum atomic E-state index is 12.1. The molecule has 0 saturated heterocycles. The third-order valence-electron chi connectivity index (χ3n) is 3.22. The Kier molecular flexibility index (Phi) is 8.44. The van der Waals surface area contributed by atoms with Crippen molar-refractivity contribution >= 4 is 25.9 Å². The quantitative estimate of drug-likeness (QED) is 0.385. The molecule has 1 rings (SSSR count). The predicted molar refractivity (Wildman–Crippen MR) is 89.0 cm³/mol. The van der Waals surface area contributed by atoms with Gasteiger partial charge in [-0.3, -0.25) is 14.1 Å². The third-order valence-corrected chi connectivity index (χ3v) is 4.41. The first-order valence-electron chi connectivity index (χ1n) is 7.48. The van der Waals surface area contributed by atoms with Crippen LogP contribution in [0.15, 0.2) is 30.3 Å². The van der Waals surface area contributed by atoms with E-state index in [4.69, 9.17) is 9.63 Å². The van der Waals surface area contributed by atoms with Crippen LogP contribution < -0.4 is 5.09 Å². The lowest BCUT2D eigenvalue weighted by atomic mass is 10.2. The first-order chi connectivity index (χ1) is 11.7. The number of aliphatic carboxylic acids is 1. The molecule has 0 aliphatic heterocycles. The minimum atomic E-state index is -4.30. The number of carbonyl (C=O) groups is 3. The highest BCUT2D eigenvalue weighted by Crippen LogP contribution is 2.37. The van der Waals surface area contributed by atoms with Crippen LogP contribution in [-0.2, 0) is 18.7 Å². The number of carbonyl (C=O) groups excluding carboxylic acids is 2. The number of hydrogen-bond donors (Lipinski definition) is 3. The van der Waals surface area contributed by atoms with Crippen molar-refractivity contribution < 1.29 is 33.5 Å². The van der Waals surface area contributed by atoms with Gasteiger partial charge in [0.15, 0.2) is 0 Å². The Morgan fingerprint density at radius 3 is 2.56 bits per heavy atom. The van der Waals surface area contributed by atoms with Crippen LogP contribution in [0.4, 0.5) is 0 Å².